The lowest BCUT2D eigenvalue weighted by molar-refractivity contribution is 0.240. The molecule has 2 rings (SSSR count). The molecule has 4 heteroatoms. The first kappa shape index (κ1) is 13.7. The van der Waals surface area contributed by atoms with Crippen molar-refractivity contribution >= 4 is 17.4 Å². The maximum Gasteiger partial charge on any atom is 0.131 e. The first-order valence-corrected chi connectivity index (χ1v) is 6.64. The Morgan fingerprint density at radius 3 is 2.68 bits per heavy atom. The number of benzene rings is 1. The maximum atomic E-state index is 5.85. The number of rotatable bonds is 5. The van der Waals surface area contributed by atoms with Gasteiger partial charge in [0.1, 0.15) is 16.7 Å². The molecule has 0 atom stereocenters. The maximum absolute atomic E-state index is 5.85. The van der Waals surface area contributed by atoms with Crippen LogP contribution in [0.2, 0.25) is 5.15 Å². The van der Waals surface area contributed by atoms with Gasteiger partial charge in [0, 0.05) is 12.1 Å². The predicted octanol–water partition coefficient (Wildman–Crippen LogP) is 4.13. The zero-order valence-electron chi connectivity index (χ0n) is 11.1. The van der Waals surface area contributed by atoms with Crippen molar-refractivity contribution in [2.75, 3.05) is 5.32 Å². The van der Waals surface area contributed by atoms with E-state index >= 15 is 0 Å². The summed E-state index contributed by atoms with van der Waals surface area (Å²) in [4.78, 5) is 4.19. The summed E-state index contributed by atoms with van der Waals surface area (Å²) in [7, 11) is 0. The van der Waals surface area contributed by atoms with Crippen molar-refractivity contribution in [1.29, 1.82) is 0 Å². The van der Waals surface area contributed by atoms with Crippen molar-refractivity contribution < 1.29 is 4.74 Å². The quantitative estimate of drug-likeness (QED) is 0.834. The van der Waals surface area contributed by atoms with Crippen LogP contribution in [0.25, 0.3) is 0 Å². The van der Waals surface area contributed by atoms with Gasteiger partial charge in [-0.25, -0.2) is 4.98 Å². The smallest absolute Gasteiger partial charge is 0.131 e. The molecule has 1 heterocycles. The van der Waals surface area contributed by atoms with Gasteiger partial charge < -0.3 is 10.1 Å². The summed E-state index contributed by atoms with van der Waals surface area (Å²) in [6.07, 6.45) is 0.158. The van der Waals surface area contributed by atoms with Crippen molar-refractivity contribution in [3.63, 3.8) is 0 Å². The third-order valence-electron chi connectivity index (χ3n) is 2.51. The van der Waals surface area contributed by atoms with Crippen LogP contribution in [-0.4, -0.2) is 11.1 Å². The Kier molecular flexibility index (Phi) is 4.63. The van der Waals surface area contributed by atoms with E-state index < -0.39 is 0 Å². The number of para-hydroxylation sites is 1. The van der Waals surface area contributed by atoms with Crippen LogP contribution >= 0.6 is 11.6 Å². The molecule has 2 aromatic rings. The Hall–Kier alpha value is -1.74. The second-order valence-electron chi connectivity index (χ2n) is 4.47. The van der Waals surface area contributed by atoms with Crippen LogP contribution < -0.4 is 10.1 Å². The molecule has 19 heavy (non-hydrogen) atoms. The van der Waals surface area contributed by atoms with Crippen LogP contribution in [0.3, 0.4) is 0 Å². The molecule has 0 fully saturated rings. The van der Waals surface area contributed by atoms with E-state index in [4.69, 9.17) is 16.3 Å². The van der Waals surface area contributed by atoms with E-state index in [2.05, 4.69) is 10.3 Å². The van der Waals surface area contributed by atoms with E-state index in [0.29, 0.717) is 11.7 Å². The van der Waals surface area contributed by atoms with Gasteiger partial charge in [0.25, 0.3) is 0 Å². The van der Waals surface area contributed by atoms with Gasteiger partial charge in [-0.3, -0.25) is 0 Å². The molecule has 0 unspecified atom stereocenters. The summed E-state index contributed by atoms with van der Waals surface area (Å²) in [5, 5.41) is 3.72. The van der Waals surface area contributed by atoms with E-state index in [1.807, 2.05) is 50.2 Å². The van der Waals surface area contributed by atoms with Gasteiger partial charge in [-0.05, 0) is 32.0 Å². The average molecular weight is 277 g/mol. The molecule has 0 aliphatic rings. The first-order valence-electron chi connectivity index (χ1n) is 6.26. The molecule has 0 spiro atoms. The number of nitrogens with one attached hydrogen (secondary N) is 1. The highest BCUT2D eigenvalue weighted by molar-refractivity contribution is 6.29. The minimum atomic E-state index is 0.158. The fourth-order valence-corrected chi connectivity index (χ4v) is 1.88. The molecule has 100 valence electrons. The van der Waals surface area contributed by atoms with Crippen LogP contribution in [-0.2, 0) is 6.54 Å². The number of nitrogens with zero attached hydrogens (tertiary/aromatic N) is 1. The van der Waals surface area contributed by atoms with Gasteiger partial charge >= 0.3 is 0 Å². The van der Waals surface area contributed by atoms with Crippen LogP contribution in [0.4, 0.5) is 5.82 Å². The van der Waals surface area contributed by atoms with Gasteiger partial charge in [0.2, 0.25) is 0 Å². The normalized spacial score (nSPS) is 10.5. The highest BCUT2D eigenvalue weighted by Crippen LogP contribution is 2.20. The van der Waals surface area contributed by atoms with Gasteiger partial charge in [-0.1, -0.05) is 35.9 Å². The molecule has 0 bridgehead atoms. The zero-order chi connectivity index (χ0) is 13.7. The molecule has 0 aliphatic heterocycles. The van der Waals surface area contributed by atoms with Gasteiger partial charge in [0.15, 0.2) is 0 Å². The number of ether oxygens (including phenoxy) is 1. The van der Waals surface area contributed by atoms with E-state index in [1.165, 1.54) is 0 Å². The number of hydrogen-bond donors (Lipinski definition) is 1. The topological polar surface area (TPSA) is 34.1 Å². The van der Waals surface area contributed by atoms with Gasteiger partial charge in [-0.2, -0.15) is 0 Å². The van der Waals surface area contributed by atoms with E-state index in [1.54, 1.807) is 6.07 Å². The highest BCUT2D eigenvalue weighted by atomic mass is 35.5. The molecular formula is C15H17ClN2O. The lowest BCUT2D eigenvalue weighted by atomic mass is 10.2. The van der Waals surface area contributed by atoms with E-state index in [9.17, 15) is 0 Å². The fraction of sp³-hybridized carbons (Fsp3) is 0.267. The Morgan fingerprint density at radius 1 is 1.16 bits per heavy atom. The summed E-state index contributed by atoms with van der Waals surface area (Å²) >= 11 is 5.85. The van der Waals surface area contributed by atoms with E-state index in [0.717, 1.165) is 17.1 Å². The molecular weight excluding hydrogens is 260 g/mol. The van der Waals surface area contributed by atoms with Gasteiger partial charge in [0.05, 0.1) is 6.10 Å². The molecule has 0 amide bonds. The second kappa shape index (κ2) is 6.43. The predicted molar refractivity (Wildman–Crippen MR) is 78.8 cm³/mol. The molecule has 0 radical (unpaired) electrons. The van der Waals surface area contributed by atoms with Crippen molar-refractivity contribution in [3.8, 4) is 5.75 Å². The van der Waals surface area contributed by atoms with E-state index in [-0.39, 0.29) is 6.10 Å². The SMILES string of the molecule is CC(C)Oc1ccccc1CNc1cccc(Cl)n1. The number of halogens is 1. The molecule has 1 N–H and O–H groups in total. The molecule has 0 aliphatic carbocycles. The van der Waals surface area contributed by atoms with Crippen molar-refractivity contribution in [3.05, 3.63) is 53.2 Å². The summed E-state index contributed by atoms with van der Waals surface area (Å²) < 4.78 is 5.77. The Balaban J connectivity index is 2.07. The summed E-state index contributed by atoms with van der Waals surface area (Å²) in [5.41, 5.74) is 1.10. The summed E-state index contributed by atoms with van der Waals surface area (Å²) in [6, 6.07) is 13.5. The zero-order valence-corrected chi connectivity index (χ0v) is 11.8. The standard InChI is InChI=1S/C15H17ClN2O/c1-11(2)19-13-7-4-3-6-12(13)10-17-15-9-5-8-14(16)18-15/h3-9,11H,10H2,1-2H3,(H,17,18). The minimum absolute atomic E-state index is 0.158. The van der Waals surface area contributed by atoms with Crippen LogP contribution in [0.1, 0.15) is 19.4 Å². The lowest BCUT2D eigenvalue weighted by Crippen LogP contribution is -2.09. The molecule has 0 saturated carbocycles. The second-order valence-corrected chi connectivity index (χ2v) is 4.86. The Bertz CT molecular complexity index is 543. The first-order chi connectivity index (χ1) is 9.15. The fourth-order valence-electron chi connectivity index (χ4n) is 1.71. The average Bonchev–Trinajstić information content (AvgIpc) is 2.37. The number of pyridine rings is 1. The highest BCUT2D eigenvalue weighted by Gasteiger charge is 2.05. The Morgan fingerprint density at radius 2 is 1.95 bits per heavy atom. The van der Waals surface area contributed by atoms with Crippen LogP contribution in [0.15, 0.2) is 42.5 Å². The van der Waals surface area contributed by atoms with Crippen molar-refractivity contribution in [1.82, 2.24) is 4.98 Å². The number of hydrogen-bond acceptors (Lipinski definition) is 3. The van der Waals surface area contributed by atoms with Crippen molar-refractivity contribution in [2.24, 2.45) is 0 Å². The lowest BCUT2D eigenvalue weighted by Gasteiger charge is -2.14. The number of aromatic nitrogens is 1. The molecule has 1 aromatic carbocycles. The molecule has 1 aromatic heterocycles. The van der Waals surface area contributed by atoms with Crippen LogP contribution in [0.5, 0.6) is 5.75 Å². The van der Waals surface area contributed by atoms with Gasteiger partial charge in [-0.15, -0.1) is 0 Å². The third kappa shape index (κ3) is 4.14. The molecule has 0 saturated heterocycles. The van der Waals surface area contributed by atoms with Crippen LogP contribution in [0, 0.1) is 0 Å². The monoisotopic (exact) mass is 276 g/mol. The Labute approximate surface area is 118 Å². The largest absolute Gasteiger partial charge is 0.491 e. The third-order valence-corrected chi connectivity index (χ3v) is 2.72. The summed E-state index contributed by atoms with van der Waals surface area (Å²) in [5.74, 6) is 1.65. The van der Waals surface area contributed by atoms with Crippen molar-refractivity contribution in [2.45, 2.75) is 26.5 Å². The summed E-state index contributed by atoms with van der Waals surface area (Å²) in [6.45, 7) is 4.68. The number of anilines is 1. The minimum Gasteiger partial charge on any atom is -0.491 e. The molecule has 3 nitrogen and oxygen atoms in total.